The van der Waals surface area contributed by atoms with Crippen LogP contribution in [0.4, 0.5) is 0 Å². The molecule has 0 aliphatic carbocycles. The number of aliphatic hydroxyl groups is 5. The Kier molecular flexibility index (Phi) is 14.2. The fourth-order valence-electron chi connectivity index (χ4n) is 8.97. The number of ether oxygens (including phenoxy) is 7. The number of fused-ring (bicyclic) bond motifs is 2. The maximum Gasteiger partial charge on any atom is 0.311 e. The summed E-state index contributed by atoms with van der Waals surface area (Å²) in [6.07, 6.45) is -8.53. The Morgan fingerprint density at radius 2 is 1.62 bits per heavy atom. The van der Waals surface area contributed by atoms with Crippen LogP contribution in [0.15, 0.2) is 11.3 Å². The molecule has 3 fully saturated rings. The van der Waals surface area contributed by atoms with Gasteiger partial charge in [-0.25, -0.2) is 0 Å². The monoisotopic (exact) mass is 759 g/mol. The van der Waals surface area contributed by atoms with Gasteiger partial charge in [0.1, 0.15) is 41.4 Å². The molecule has 14 heteroatoms. The van der Waals surface area contributed by atoms with Crippen molar-refractivity contribution in [2.45, 2.75) is 192 Å². The van der Waals surface area contributed by atoms with Crippen LogP contribution in [0.2, 0.25) is 0 Å². The Balaban J connectivity index is 1.85. The van der Waals surface area contributed by atoms with Crippen molar-refractivity contribution in [3.63, 3.8) is 0 Å². The van der Waals surface area contributed by atoms with E-state index in [9.17, 15) is 30.3 Å². The molecule has 0 saturated carbocycles. The Morgan fingerprint density at radius 3 is 2.21 bits per heavy atom. The lowest BCUT2D eigenvalue weighted by molar-refractivity contribution is -0.317. The number of carbonyl (C=O) groups excluding carboxylic acids is 1. The molecule has 0 unspecified atom stereocenters. The van der Waals surface area contributed by atoms with E-state index in [4.69, 9.17) is 33.2 Å². The van der Waals surface area contributed by atoms with E-state index in [1.54, 1.807) is 27.7 Å². The summed E-state index contributed by atoms with van der Waals surface area (Å²) in [7, 11) is 3.48. The molecule has 2 bridgehead atoms. The maximum atomic E-state index is 14.2. The molecule has 308 valence electrons. The first-order valence-electron chi connectivity index (χ1n) is 19.4. The molecule has 4 aliphatic heterocycles. The fourth-order valence-corrected chi connectivity index (χ4v) is 8.97. The number of carbonyl (C=O) groups is 1. The summed E-state index contributed by atoms with van der Waals surface area (Å²) in [5.74, 6) is -2.70. The van der Waals surface area contributed by atoms with Gasteiger partial charge in [0.15, 0.2) is 12.6 Å². The molecule has 17 atom stereocenters. The van der Waals surface area contributed by atoms with Crippen molar-refractivity contribution >= 4 is 5.97 Å². The standard InChI is InChI=1S/C39H69NO13/c1-19(2)40(12)26-16-21(4)48-36(29(26)42)52-34-23(6)31(51-28-18-37(9,47-13)33(44)25(8)49-28)24(7)35(45)50-27(14-15-41)39(11,46)32(43)22(5)30-20(3)17-38(34,10)53-30/h19,21-29,31-34,36,41-44,46H,14-18H2,1-13H3/t21-,22+,23+,24-,25+,26+,27+,28+,29-,31+,32-,33+,34-,36+,37-,38-,39-/m1/s1. The molecule has 0 spiro atoms. The lowest BCUT2D eigenvalue weighted by atomic mass is 9.78. The molecular weight excluding hydrogens is 690 g/mol. The van der Waals surface area contributed by atoms with Gasteiger partial charge in [-0.2, -0.15) is 0 Å². The van der Waals surface area contributed by atoms with Gasteiger partial charge >= 0.3 is 5.97 Å². The quantitative estimate of drug-likeness (QED) is 0.216. The average molecular weight is 760 g/mol. The number of likely N-dealkylation sites (N-methyl/N-ethyl adjacent to an activating group) is 1. The first-order valence-corrected chi connectivity index (χ1v) is 19.4. The molecule has 0 aromatic heterocycles. The van der Waals surface area contributed by atoms with Gasteiger partial charge in [0.25, 0.3) is 0 Å². The summed E-state index contributed by atoms with van der Waals surface area (Å²) in [6.45, 7) is 19.6. The van der Waals surface area contributed by atoms with Crippen molar-refractivity contribution in [2.75, 3.05) is 20.8 Å². The van der Waals surface area contributed by atoms with E-state index in [0.29, 0.717) is 18.6 Å². The normalized spacial score (nSPS) is 47.5. The zero-order valence-electron chi connectivity index (χ0n) is 34.1. The SMILES string of the molecule is CO[C@]1(C)C[C@H](O[C@H]2[C@H](C)[C@@H](O[C@@H]3O[C@H](C)C[C@H](N(C)C(C)C)[C@H]3O)[C@@]3(C)CC(C)=C(O3)[C@H](C)[C@@H](O)[C@](C)(O)[C@H](CCO)OC(=O)[C@@H]2C)O[C@@H](C)[C@@H]1O. The van der Waals surface area contributed by atoms with E-state index in [2.05, 4.69) is 18.7 Å². The van der Waals surface area contributed by atoms with Crippen molar-refractivity contribution in [2.24, 2.45) is 17.8 Å². The number of aliphatic hydroxyl groups excluding tert-OH is 4. The maximum absolute atomic E-state index is 14.2. The van der Waals surface area contributed by atoms with Crippen LogP contribution in [0.3, 0.4) is 0 Å². The smallest absolute Gasteiger partial charge is 0.311 e. The highest BCUT2D eigenvalue weighted by molar-refractivity contribution is 5.73. The van der Waals surface area contributed by atoms with Crippen LogP contribution in [-0.4, -0.2) is 147 Å². The molecule has 0 radical (unpaired) electrons. The Morgan fingerprint density at radius 1 is 0.981 bits per heavy atom. The number of hydrogen-bond acceptors (Lipinski definition) is 14. The van der Waals surface area contributed by atoms with E-state index < -0.39 is 102 Å². The number of nitrogens with zero attached hydrogens (tertiary/aromatic N) is 1. The molecule has 0 amide bonds. The zero-order chi connectivity index (χ0) is 40.0. The molecule has 4 heterocycles. The Hall–Kier alpha value is -1.43. The van der Waals surface area contributed by atoms with E-state index in [-0.39, 0.29) is 31.0 Å². The summed E-state index contributed by atoms with van der Waals surface area (Å²) in [6, 6.07) is -0.118. The second kappa shape index (κ2) is 17.0. The predicted molar refractivity (Wildman–Crippen MR) is 194 cm³/mol. The molecule has 14 nitrogen and oxygen atoms in total. The van der Waals surface area contributed by atoms with Crippen LogP contribution in [-0.2, 0) is 38.0 Å². The van der Waals surface area contributed by atoms with E-state index >= 15 is 0 Å². The van der Waals surface area contributed by atoms with Crippen LogP contribution in [0, 0.1) is 17.8 Å². The summed E-state index contributed by atoms with van der Waals surface area (Å²) >= 11 is 0. The third-order valence-corrected chi connectivity index (χ3v) is 12.6. The molecule has 5 N–H and O–H groups in total. The van der Waals surface area contributed by atoms with E-state index in [0.717, 1.165) is 5.57 Å². The van der Waals surface area contributed by atoms with Gasteiger partial charge in [0.05, 0.1) is 35.9 Å². The third-order valence-electron chi connectivity index (χ3n) is 12.6. The lowest BCUT2D eigenvalue weighted by Crippen LogP contribution is -2.61. The van der Waals surface area contributed by atoms with Gasteiger partial charge in [-0.3, -0.25) is 9.69 Å². The predicted octanol–water partition coefficient (Wildman–Crippen LogP) is 2.64. The number of esters is 1. The zero-order valence-corrected chi connectivity index (χ0v) is 34.1. The highest BCUT2D eigenvalue weighted by atomic mass is 16.7. The van der Waals surface area contributed by atoms with Gasteiger partial charge in [-0.05, 0) is 81.4 Å². The second-order valence-corrected chi connectivity index (χ2v) is 17.2. The Bertz CT molecular complexity index is 1280. The third kappa shape index (κ3) is 8.93. The first kappa shape index (κ1) is 44.3. The lowest BCUT2D eigenvalue weighted by Gasteiger charge is -2.49. The molecule has 4 rings (SSSR count). The van der Waals surface area contributed by atoms with Crippen LogP contribution in [0.25, 0.3) is 0 Å². The topological polar surface area (TPSA) is 186 Å². The summed E-state index contributed by atoms with van der Waals surface area (Å²) < 4.78 is 44.8. The minimum absolute atomic E-state index is 0.132. The van der Waals surface area contributed by atoms with Gasteiger partial charge < -0.3 is 58.7 Å². The number of hydrogen-bond donors (Lipinski definition) is 5. The molecule has 0 aromatic rings. The molecule has 3 saturated heterocycles. The number of rotatable bonds is 9. The minimum atomic E-state index is -1.98. The summed E-state index contributed by atoms with van der Waals surface area (Å²) in [4.78, 5) is 16.3. The van der Waals surface area contributed by atoms with Crippen molar-refractivity contribution in [1.29, 1.82) is 0 Å². The van der Waals surface area contributed by atoms with Gasteiger partial charge in [0.2, 0.25) is 0 Å². The van der Waals surface area contributed by atoms with Gasteiger partial charge in [-0.1, -0.05) is 13.8 Å². The van der Waals surface area contributed by atoms with Crippen LogP contribution >= 0.6 is 0 Å². The van der Waals surface area contributed by atoms with Crippen molar-refractivity contribution in [1.82, 2.24) is 4.90 Å². The van der Waals surface area contributed by atoms with Gasteiger partial charge in [-0.15, -0.1) is 0 Å². The highest BCUT2D eigenvalue weighted by Crippen LogP contribution is 2.47. The summed E-state index contributed by atoms with van der Waals surface area (Å²) in [5.41, 5.74) is -3.29. The summed E-state index contributed by atoms with van der Waals surface area (Å²) in [5, 5.41) is 56.2. The van der Waals surface area contributed by atoms with Crippen LogP contribution in [0.1, 0.15) is 102 Å². The van der Waals surface area contributed by atoms with E-state index in [1.807, 2.05) is 34.7 Å². The highest BCUT2D eigenvalue weighted by Gasteiger charge is 2.56. The van der Waals surface area contributed by atoms with E-state index in [1.165, 1.54) is 14.0 Å². The molecule has 53 heavy (non-hydrogen) atoms. The second-order valence-electron chi connectivity index (χ2n) is 17.2. The average Bonchev–Trinajstić information content (AvgIpc) is 3.41. The minimum Gasteiger partial charge on any atom is -0.489 e. The fraction of sp³-hybridized carbons (Fsp3) is 0.923. The largest absolute Gasteiger partial charge is 0.489 e. The number of methoxy groups -OCH3 is 1. The van der Waals surface area contributed by atoms with Crippen molar-refractivity contribution < 1.29 is 63.5 Å². The molecule has 4 aliphatic rings. The van der Waals surface area contributed by atoms with Crippen molar-refractivity contribution in [3.8, 4) is 0 Å². The molecular formula is C39H69NO13. The first-order chi connectivity index (χ1) is 24.5. The molecule has 0 aromatic carbocycles. The van der Waals surface area contributed by atoms with Crippen LogP contribution in [0.5, 0.6) is 0 Å². The Labute approximate surface area is 316 Å². The van der Waals surface area contributed by atoms with Crippen molar-refractivity contribution in [3.05, 3.63) is 11.3 Å². The van der Waals surface area contributed by atoms with Crippen LogP contribution < -0.4 is 0 Å². The van der Waals surface area contributed by atoms with Gasteiger partial charge in [0, 0.05) is 56.9 Å². The number of cyclic esters (lactones) is 1.